The third-order valence-electron chi connectivity index (χ3n) is 2.19. The first-order valence-electron chi connectivity index (χ1n) is 4.86. The Bertz CT molecular complexity index is 386. The fourth-order valence-corrected chi connectivity index (χ4v) is 1.49. The highest BCUT2D eigenvalue weighted by Crippen LogP contribution is 2.17. The van der Waals surface area contributed by atoms with Crippen molar-refractivity contribution in [2.45, 2.75) is 20.8 Å². The van der Waals surface area contributed by atoms with E-state index in [2.05, 4.69) is 31.2 Å². The molecule has 0 aliphatic heterocycles. The molecular formula is C10H15BrN4O. The summed E-state index contributed by atoms with van der Waals surface area (Å²) in [6.45, 7) is 5.80. The summed E-state index contributed by atoms with van der Waals surface area (Å²) in [5, 5.41) is 3.07. The van der Waals surface area contributed by atoms with E-state index in [4.69, 9.17) is 5.73 Å². The Morgan fingerprint density at radius 3 is 2.69 bits per heavy atom. The van der Waals surface area contributed by atoms with Crippen molar-refractivity contribution in [1.29, 1.82) is 0 Å². The molecule has 0 bridgehead atoms. The smallest absolute Gasteiger partial charge is 0.224 e. The number of nitrogens with zero attached hydrogens (tertiary/aromatic N) is 2. The van der Waals surface area contributed by atoms with Crippen LogP contribution in [0.25, 0.3) is 0 Å². The fourth-order valence-electron chi connectivity index (χ4n) is 1.02. The van der Waals surface area contributed by atoms with Gasteiger partial charge in [0.05, 0.1) is 5.41 Å². The van der Waals surface area contributed by atoms with Crippen molar-refractivity contribution in [3.8, 4) is 0 Å². The standard InChI is InChI=1S/C10H15BrN4O/c1-6-14-7(11)4-8(15-6)13-5-10(2,3)9(12)16/h4H,5H2,1-3H3,(H2,12,16)(H,13,14,15). The number of halogens is 1. The molecule has 0 unspecified atom stereocenters. The van der Waals surface area contributed by atoms with Gasteiger partial charge in [-0.05, 0) is 36.7 Å². The molecule has 1 amide bonds. The lowest BCUT2D eigenvalue weighted by Crippen LogP contribution is -2.37. The van der Waals surface area contributed by atoms with E-state index in [9.17, 15) is 4.79 Å². The Morgan fingerprint density at radius 2 is 2.19 bits per heavy atom. The zero-order valence-electron chi connectivity index (χ0n) is 9.54. The number of primary amides is 1. The molecular weight excluding hydrogens is 272 g/mol. The number of hydrogen-bond acceptors (Lipinski definition) is 4. The van der Waals surface area contributed by atoms with Crippen molar-refractivity contribution in [2.75, 3.05) is 11.9 Å². The van der Waals surface area contributed by atoms with Crippen molar-refractivity contribution in [3.05, 3.63) is 16.5 Å². The van der Waals surface area contributed by atoms with Crippen LogP contribution in [-0.2, 0) is 4.79 Å². The fraction of sp³-hybridized carbons (Fsp3) is 0.500. The molecule has 3 N–H and O–H groups in total. The Kier molecular flexibility index (Phi) is 3.85. The summed E-state index contributed by atoms with van der Waals surface area (Å²) in [5.74, 6) is 0.993. The molecule has 1 rings (SSSR count). The van der Waals surface area contributed by atoms with Crippen LogP contribution in [0.1, 0.15) is 19.7 Å². The second-order valence-corrected chi connectivity index (χ2v) is 5.04. The zero-order chi connectivity index (χ0) is 12.3. The normalized spacial score (nSPS) is 11.2. The Balaban J connectivity index is 2.71. The van der Waals surface area contributed by atoms with E-state index in [0.717, 1.165) is 0 Å². The number of nitrogens with one attached hydrogen (secondary N) is 1. The Hall–Kier alpha value is -1.17. The predicted octanol–water partition coefficient (Wildman–Crippen LogP) is 1.47. The van der Waals surface area contributed by atoms with Gasteiger partial charge < -0.3 is 11.1 Å². The van der Waals surface area contributed by atoms with Gasteiger partial charge in [-0.25, -0.2) is 9.97 Å². The molecule has 0 saturated heterocycles. The van der Waals surface area contributed by atoms with E-state index >= 15 is 0 Å². The van der Waals surface area contributed by atoms with Crippen molar-refractivity contribution in [2.24, 2.45) is 11.1 Å². The molecule has 1 aromatic rings. The molecule has 0 aliphatic carbocycles. The SMILES string of the molecule is Cc1nc(Br)cc(NCC(C)(C)C(N)=O)n1. The maximum atomic E-state index is 11.1. The molecule has 0 aromatic carbocycles. The van der Waals surface area contributed by atoms with Crippen molar-refractivity contribution < 1.29 is 4.79 Å². The summed E-state index contributed by atoms with van der Waals surface area (Å²) in [5.41, 5.74) is 4.67. The number of rotatable bonds is 4. The van der Waals surface area contributed by atoms with Gasteiger partial charge in [0.1, 0.15) is 16.2 Å². The number of anilines is 1. The number of nitrogens with two attached hydrogens (primary N) is 1. The molecule has 0 aliphatic rings. The molecule has 1 aromatic heterocycles. The summed E-state index contributed by atoms with van der Waals surface area (Å²) in [4.78, 5) is 19.4. The number of amides is 1. The number of hydrogen-bond donors (Lipinski definition) is 2. The van der Waals surface area contributed by atoms with Crippen LogP contribution >= 0.6 is 15.9 Å². The molecule has 88 valence electrons. The first kappa shape index (κ1) is 12.9. The maximum absolute atomic E-state index is 11.1. The van der Waals surface area contributed by atoms with Gasteiger partial charge in [-0.3, -0.25) is 4.79 Å². The largest absolute Gasteiger partial charge is 0.369 e. The Labute approximate surface area is 103 Å². The molecule has 0 fully saturated rings. The van der Waals surface area contributed by atoms with Crippen LogP contribution in [-0.4, -0.2) is 22.4 Å². The van der Waals surface area contributed by atoms with Gasteiger partial charge in [0.25, 0.3) is 0 Å². The monoisotopic (exact) mass is 286 g/mol. The maximum Gasteiger partial charge on any atom is 0.224 e. The minimum absolute atomic E-state index is 0.343. The first-order valence-corrected chi connectivity index (χ1v) is 5.65. The van der Waals surface area contributed by atoms with Crippen LogP contribution in [0.3, 0.4) is 0 Å². The highest BCUT2D eigenvalue weighted by Gasteiger charge is 2.24. The van der Waals surface area contributed by atoms with Crippen LogP contribution in [0.15, 0.2) is 10.7 Å². The minimum Gasteiger partial charge on any atom is -0.369 e. The first-order chi connectivity index (χ1) is 7.31. The lowest BCUT2D eigenvalue weighted by Gasteiger charge is -2.21. The second-order valence-electron chi connectivity index (χ2n) is 4.22. The number of aryl methyl sites for hydroxylation is 1. The topological polar surface area (TPSA) is 80.9 Å². The zero-order valence-corrected chi connectivity index (χ0v) is 11.1. The lowest BCUT2D eigenvalue weighted by molar-refractivity contribution is -0.125. The van der Waals surface area contributed by atoms with Gasteiger partial charge >= 0.3 is 0 Å². The highest BCUT2D eigenvalue weighted by atomic mass is 79.9. The van der Waals surface area contributed by atoms with Crippen molar-refractivity contribution >= 4 is 27.7 Å². The summed E-state index contributed by atoms with van der Waals surface area (Å²) < 4.78 is 0.708. The van der Waals surface area contributed by atoms with E-state index in [0.29, 0.717) is 22.8 Å². The molecule has 1 heterocycles. The number of carbonyl (C=O) groups excluding carboxylic acids is 1. The van der Waals surface area contributed by atoms with Crippen LogP contribution in [0.4, 0.5) is 5.82 Å². The lowest BCUT2D eigenvalue weighted by atomic mass is 9.93. The summed E-state index contributed by atoms with van der Waals surface area (Å²) in [7, 11) is 0. The van der Waals surface area contributed by atoms with Crippen LogP contribution in [0, 0.1) is 12.3 Å². The van der Waals surface area contributed by atoms with E-state index in [1.54, 1.807) is 26.8 Å². The Morgan fingerprint density at radius 1 is 1.56 bits per heavy atom. The molecule has 0 saturated carbocycles. The van der Waals surface area contributed by atoms with Crippen LogP contribution < -0.4 is 11.1 Å². The van der Waals surface area contributed by atoms with Gasteiger partial charge in [0, 0.05) is 12.6 Å². The summed E-state index contributed by atoms with van der Waals surface area (Å²) >= 11 is 3.28. The molecule has 5 nitrogen and oxygen atoms in total. The summed E-state index contributed by atoms with van der Waals surface area (Å²) in [6, 6.07) is 1.75. The van der Waals surface area contributed by atoms with Gasteiger partial charge in [-0.2, -0.15) is 0 Å². The average Bonchev–Trinajstić information content (AvgIpc) is 2.13. The summed E-state index contributed by atoms with van der Waals surface area (Å²) in [6.07, 6.45) is 0. The molecule has 16 heavy (non-hydrogen) atoms. The van der Waals surface area contributed by atoms with E-state index in [1.807, 2.05) is 0 Å². The minimum atomic E-state index is -0.606. The van der Waals surface area contributed by atoms with Crippen LogP contribution in [0.2, 0.25) is 0 Å². The van der Waals surface area contributed by atoms with Crippen LogP contribution in [0.5, 0.6) is 0 Å². The van der Waals surface area contributed by atoms with E-state index < -0.39 is 5.41 Å². The molecule has 0 atom stereocenters. The van der Waals surface area contributed by atoms with E-state index in [-0.39, 0.29) is 5.91 Å². The quantitative estimate of drug-likeness (QED) is 0.822. The molecule has 0 spiro atoms. The third kappa shape index (κ3) is 3.44. The highest BCUT2D eigenvalue weighted by molar-refractivity contribution is 9.10. The second kappa shape index (κ2) is 4.78. The van der Waals surface area contributed by atoms with Gasteiger partial charge in [0.2, 0.25) is 5.91 Å². The predicted molar refractivity (Wildman–Crippen MR) is 65.9 cm³/mol. The van der Waals surface area contributed by atoms with Crippen molar-refractivity contribution in [3.63, 3.8) is 0 Å². The molecule has 0 radical (unpaired) electrons. The van der Waals surface area contributed by atoms with Crippen molar-refractivity contribution in [1.82, 2.24) is 9.97 Å². The number of aromatic nitrogens is 2. The third-order valence-corrected chi connectivity index (χ3v) is 2.59. The molecule has 6 heteroatoms. The van der Waals surface area contributed by atoms with Gasteiger partial charge in [-0.1, -0.05) is 0 Å². The van der Waals surface area contributed by atoms with Gasteiger partial charge in [-0.15, -0.1) is 0 Å². The van der Waals surface area contributed by atoms with E-state index in [1.165, 1.54) is 0 Å². The number of carbonyl (C=O) groups is 1. The van der Waals surface area contributed by atoms with Gasteiger partial charge in [0.15, 0.2) is 0 Å². The average molecular weight is 287 g/mol.